The topological polar surface area (TPSA) is 151 Å². The van der Waals surface area contributed by atoms with Crippen LogP contribution in [0.1, 0.15) is 65.6 Å². The predicted molar refractivity (Wildman–Crippen MR) is 144 cm³/mol. The molecule has 2 heterocycles. The maximum absolute atomic E-state index is 11.8. The summed E-state index contributed by atoms with van der Waals surface area (Å²) in [6, 6.07) is 10.7. The van der Waals surface area contributed by atoms with Crippen LogP contribution in [0.3, 0.4) is 0 Å². The molecular weight excluding hydrogens is 488 g/mol. The molecule has 38 heavy (non-hydrogen) atoms. The molecule has 0 spiro atoms. The van der Waals surface area contributed by atoms with Gasteiger partial charge in [0.15, 0.2) is 17.2 Å². The van der Waals surface area contributed by atoms with Crippen LogP contribution >= 0.6 is 0 Å². The molecule has 10 nitrogen and oxygen atoms in total. The van der Waals surface area contributed by atoms with Crippen LogP contribution in [-0.4, -0.2) is 64.8 Å². The van der Waals surface area contributed by atoms with Crippen LogP contribution < -0.4 is 11.1 Å². The molecule has 4 rings (SSSR count). The summed E-state index contributed by atoms with van der Waals surface area (Å²) in [5, 5.41) is 26.1. The number of anilines is 1. The zero-order valence-electron chi connectivity index (χ0n) is 22.3. The standard InChI is InChI=1S/C15H19N3O4.C13H17NO2/c1-4-17-15(21)13-12(16)14(22-18-13)9-5-8(7(2)3)10(19)6-11(9)20;1-11(15)13-4-2-12(3-5-13)10-14-6-8-16-9-7-14/h5-7,19-20H,4,16H2,1-3H3,(H,17,21);2-5H,6-10H2,1H3. The van der Waals surface area contributed by atoms with Gasteiger partial charge in [0.1, 0.15) is 17.2 Å². The Morgan fingerprint density at radius 2 is 1.76 bits per heavy atom. The van der Waals surface area contributed by atoms with Crippen LogP contribution in [0.5, 0.6) is 11.5 Å². The molecule has 2 aromatic carbocycles. The minimum absolute atomic E-state index is 0.0155. The third kappa shape index (κ3) is 7.11. The lowest BCUT2D eigenvalue weighted by Gasteiger charge is -2.26. The monoisotopic (exact) mass is 524 g/mol. The highest BCUT2D eigenvalue weighted by Gasteiger charge is 2.24. The zero-order chi connectivity index (χ0) is 27.8. The highest BCUT2D eigenvalue weighted by atomic mass is 16.5. The number of nitrogens with two attached hydrogens (primary N) is 1. The highest BCUT2D eigenvalue weighted by Crippen LogP contribution is 2.40. The van der Waals surface area contributed by atoms with Crippen LogP contribution in [0.15, 0.2) is 40.9 Å². The van der Waals surface area contributed by atoms with Crippen LogP contribution in [0.4, 0.5) is 5.69 Å². The Labute approximate surface area is 222 Å². The average Bonchev–Trinajstić information content (AvgIpc) is 3.26. The second-order valence-electron chi connectivity index (χ2n) is 9.36. The Hall–Kier alpha value is -3.89. The summed E-state index contributed by atoms with van der Waals surface area (Å²) >= 11 is 0. The quantitative estimate of drug-likeness (QED) is 0.337. The van der Waals surface area contributed by atoms with Crippen molar-refractivity contribution in [2.75, 3.05) is 38.6 Å². The van der Waals surface area contributed by atoms with Crippen LogP contribution in [0, 0.1) is 0 Å². The number of nitrogens with zero attached hydrogens (tertiary/aromatic N) is 2. The zero-order valence-corrected chi connectivity index (χ0v) is 22.3. The Morgan fingerprint density at radius 1 is 1.11 bits per heavy atom. The number of carbonyl (C=O) groups is 2. The fraction of sp³-hybridized carbons (Fsp3) is 0.393. The summed E-state index contributed by atoms with van der Waals surface area (Å²) in [4.78, 5) is 25.3. The molecule has 3 aromatic rings. The maximum Gasteiger partial charge on any atom is 0.275 e. The Morgan fingerprint density at radius 3 is 2.34 bits per heavy atom. The van der Waals surface area contributed by atoms with E-state index in [0.29, 0.717) is 12.1 Å². The van der Waals surface area contributed by atoms with Gasteiger partial charge in [-0.15, -0.1) is 0 Å². The number of rotatable bonds is 7. The smallest absolute Gasteiger partial charge is 0.275 e. The minimum Gasteiger partial charge on any atom is -0.508 e. The number of ether oxygens (including phenoxy) is 1. The first kappa shape index (κ1) is 28.7. The molecule has 1 fully saturated rings. The molecule has 0 unspecified atom stereocenters. The van der Waals surface area contributed by atoms with Crippen molar-refractivity contribution >= 4 is 17.4 Å². The molecule has 1 saturated heterocycles. The summed E-state index contributed by atoms with van der Waals surface area (Å²) in [7, 11) is 0. The number of hydrogen-bond donors (Lipinski definition) is 4. The van der Waals surface area contributed by atoms with Gasteiger partial charge in [0.2, 0.25) is 0 Å². The van der Waals surface area contributed by atoms with Crippen molar-refractivity contribution in [3.05, 3.63) is 58.8 Å². The van der Waals surface area contributed by atoms with E-state index >= 15 is 0 Å². The first-order chi connectivity index (χ1) is 18.1. The van der Waals surface area contributed by atoms with E-state index in [1.54, 1.807) is 19.9 Å². The van der Waals surface area contributed by atoms with E-state index in [2.05, 4.69) is 15.4 Å². The van der Waals surface area contributed by atoms with Gasteiger partial charge < -0.3 is 30.5 Å². The number of Topliss-reactive ketones (excluding diaryl/α,β-unsaturated/α-hetero) is 1. The SMILES string of the molecule is CC(=O)c1ccc(CN2CCOCC2)cc1.CCNC(=O)c1noc(-c2cc(C(C)C)c(O)cc2O)c1N. The Balaban J connectivity index is 0.000000221. The first-order valence-electron chi connectivity index (χ1n) is 12.6. The maximum atomic E-state index is 11.8. The van der Waals surface area contributed by atoms with E-state index < -0.39 is 5.91 Å². The van der Waals surface area contributed by atoms with Gasteiger partial charge in [-0.25, -0.2) is 0 Å². The van der Waals surface area contributed by atoms with Crippen molar-refractivity contribution in [3.8, 4) is 22.8 Å². The minimum atomic E-state index is -0.447. The van der Waals surface area contributed by atoms with E-state index in [0.717, 1.165) is 38.4 Å². The van der Waals surface area contributed by atoms with Gasteiger partial charge in [-0.3, -0.25) is 14.5 Å². The number of phenols is 2. The molecular formula is C28H36N4O6. The molecule has 0 aliphatic carbocycles. The summed E-state index contributed by atoms with van der Waals surface area (Å²) in [6.45, 7) is 12.2. The number of nitrogen functional groups attached to an aromatic ring is 1. The van der Waals surface area contributed by atoms with Crippen molar-refractivity contribution in [1.82, 2.24) is 15.4 Å². The van der Waals surface area contributed by atoms with Crippen molar-refractivity contribution in [2.45, 2.75) is 40.2 Å². The van der Waals surface area contributed by atoms with E-state index in [9.17, 15) is 19.8 Å². The molecule has 5 N–H and O–H groups in total. The molecule has 0 bridgehead atoms. The second kappa shape index (κ2) is 13.1. The van der Waals surface area contributed by atoms with Crippen LogP contribution in [0.25, 0.3) is 11.3 Å². The molecule has 0 radical (unpaired) electrons. The van der Waals surface area contributed by atoms with Gasteiger partial charge in [-0.2, -0.15) is 0 Å². The van der Waals surface area contributed by atoms with E-state index in [4.69, 9.17) is 15.0 Å². The third-order valence-electron chi connectivity index (χ3n) is 6.16. The lowest BCUT2D eigenvalue weighted by molar-refractivity contribution is 0.0342. The number of benzene rings is 2. The van der Waals surface area contributed by atoms with Crippen molar-refractivity contribution < 1.29 is 29.1 Å². The number of phenolic OH excluding ortho intramolecular Hbond substituents is 2. The molecule has 1 aliphatic rings. The number of aromatic nitrogens is 1. The molecule has 204 valence electrons. The van der Waals surface area contributed by atoms with Crippen molar-refractivity contribution in [3.63, 3.8) is 0 Å². The van der Waals surface area contributed by atoms with E-state index in [1.807, 2.05) is 38.1 Å². The fourth-order valence-electron chi connectivity index (χ4n) is 4.00. The molecule has 10 heteroatoms. The van der Waals surface area contributed by atoms with Gasteiger partial charge >= 0.3 is 0 Å². The number of amides is 1. The lowest BCUT2D eigenvalue weighted by atomic mass is 9.97. The van der Waals surface area contributed by atoms with Gasteiger partial charge in [0.05, 0.1) is 18.8 Å². The molecule has 0 atom stereocenters. The highest BCUT2D eigenvalue weighted by molar-refractivity contribution is 6.00. The van der Waals surface area contributed by atoms with Gasteiger partial charge in [0, 0.05) is 37.8 Å². The second-order valence-corrected chi connectivity index (χ2v) is 9.36. The fourth-order valence-corrected chi connectivity index (χ4v) is 4.00. The number of hydrogen-bond acceptors (Lipinski definition) is 9. The number of ketones is 1. The van der Waals surface area contributed by atoms with Crippen LogP contribution in [0.2, 0.25) is 0 Å². The van der Waals surface area contributed by atoms with Gasteiger partial charge in [-0.05, 0) is 37.0 Å². The summed E-state index contributed by atoms with van der Waals surface area (Å²) in [6.07, 6.45) is 0. The summed E-state index contributed by atoms with van der Waals surface area (Å²) < 4.78 is 10.4. The molecule has 1 aromatic heterocycles. The predicted octanol–water partition coefficient (Wildman–Crippen LogP) is 3.93. The number of nitrogens with one attached hydrogen (secondary N) is 1. The van der Waals surface area contributed by atoms with Gasteiger partial charge in [-0.1, -0.05) is 43.3 Å². The number of carbonyl (C=O) groups excluding carboxylic acids is 2. The normalized spacial score (nSPS) is 13.6. The van der Waals surface area contributed by atoms with Crippen molar-refractivity contribution in [2.24, 2.45) is 0 Å². The number of aromatic hydroxyl groups is 2. The van der Waals surface area contributed by atoms with Crippen molar-refractivity contribution in [1.29, 1.82) is 0 Å². The number of morpholine rings is 1. The Kier molecular flexibility index (Phi) is 9.86. The molecule has 1 aliphatic heterocycles. The third-order valence-corrected chi connectivity index (χ3v) is 6.16. The van der Waals surface area contributed by atoms with E-state index in [-0.39, 0.29) is 45.9 Å². The Bertz CT molecular complexity index is 1250. The largest absolute Gasteiger partial charge is 0.508 e. The summed E-state index contributed by atoms with van der Waals surface area (Å²) in [5.74, 6) is -0.409. The molecule has 0 saturated carbocycles. The summed E-state index contributed by atoms with van der Waals surface area (Å²) in [5.41, 5.74) is 8.87. The molecule has 1 amide bonds. The average molecular weight is 525 g/mol. The first-order valence-corrected chi connectivity index (χ1v) is 12.6. The van der Waals surface area contributed by atoms with Crippen LogP contribution in [-0.2, 0) is 11.3 Å². The van der Waals surface area contributed by atoms with Gasteiger partial charge in [0.25, 0.3) is 5.91 Å². The lowest BCUT2D eigenvalue weighted by Crippen LogP contribution is -2.35. The van der Waals surface area contributed by atoms with E-state index in [1.165, 1.54) is 11.6 Å².